The summed E-state index contributed by atoms with van der Waals surface area (Å²) in [7, 11) is 0. The third-order valence-corrected chi connectivity index (χ3v) is 4.39. The maximum atomic E-state index is 4.47. The highest BCUT2D eigenvalue weighted by Gasteiger charge is 2.07. The van der Waals surface area contributed by atoms with Gasteiger partial charge in [0.05, 0.1) is 5.52 Å². The molecule has 1 heterocycles. The van der Waals surface area contributed by atoms with Gasteiger partial charge < -0.3 is 0 Å². The van der Waals surface area contributed by atoms with E-state index in [1.165, 1.54) is 32.3 Å². The van der Waals surface area contributed by atoms with E-state index in [0.29, 0.717) is 0 Å². The Balaban J connectivity index is 2.04. The van der Waals surface area contributed by atoms with Crippen LogP contribution in [0.1, 0.15) is 0 Å². The largest absolute Gasteiger partial charge is 0.244 e. The van der Waals surface area contributed by atoms with Crippen LogP contribution in [0.5, 0.6) is 0 Å². The van der Waals surface area contributed by atoms with E-state index in [1.807, 2.05) is 6.20 Å². The van der Waals surface area contributed by atoms with E-state index in [9.17, 15) is 0 Å². The van der Waals surface area contributed by atoms with Crippen molar-refractivity contribution in [3.8, 4) is 0 Å². The number of benzene rings is 4. The molecule has 2 nitrogen and oxygen atoms in total. The fraction of sp³-hybridized carbons (Fsp3) is 0. The van der Waals surface area contributed by atoms with Crippen LogP contribution in [0.15, 0.2) is 73.2 Å². The van der Waals surface area contributed by atoms with Crippen molar-refractivity contribution in [2.75, 3.05) is 0 Å². The van der Waals surface area contributed by atoms with Gasteiger partial charge in [-0.15, -0.1) is 0 Å². The fourth-order valence-corrected chi connectivity index (χ4v) is 3.36. The molecular formula is C20H12N2. The van der Waals surface area contributed by atoms with E-state index in [2.05, 4.69) is 70.6 Å². The first-order valence-electron chi connectivity index (χ1n) is 7.35. The summed E-state index contributed by atoms with van der Waals surface area (Å²) in [5.74, 6) is 0. The van der Waals surface area contributed by atoms with Crippen molar-refractivity contribution >= 4 is 43.2 Å². The molecule has 5 aromatic rings. The maximum Gasteiger partial charge on any atom is 0.116 e. The standard InChI is InChI=1S/C20H12N2/c1-2-4-15-13(3-1)5-7-17-16(15)9-10-19-18(17)8-6-14-11-21-12-22-20(14)19/h1-12H. The molecule has 0 aliphatic carbocycles. The second-order valence-corrected chi connectivity index (χ2v) is 5.57. The van der Waals surface area contributed by atoms with Crippen LogP contribution in [0, 0.1) is 0 Å². The number of rotatable bonds is 0. The van der Waals surface area contributed by atoms with Crippen molar-refractivity contribution in [2.24, 2.45) is 0 Å². The van der Waals surface area contributed by atoms with E-state index < -0.39 is 0 Å². The second kappa shape index (κ2) is 4.25. The molecule has 0 saturated carbocycles. The summed E-state index contributed by atoms with van der Waals surface area (Å²) in [4.78, 5) is 8.58. The van der Waals surface area contributed by atoms with Gasteiger partial charge >= 0.3 is 0 Å². The van der Waals surface area contributed by atoms with Crippen molar-refractivity contribution < 1.29 is 0 Å². The van der Waals surface area contributed by atoms with Crippen molar-refractivity contribution in [3.63, 3.8) is 0 Å². The molecule has 0 atom stereocenters. The summed E-state index contributed by atoms with van der Waals surface area (Å²) in [5, 5.41) is 8.64. The molecule has 0 unspecified atom stereocenters. The summed E-state index contributed by atoms with van der Waals surface area (Å²) in [6, 6.07) is 21.6. The Labute approximate surface area is 127 Å². The molecule has 22 heavy (non-hydrogen) atoms. The van der Waals surface area contributed by atoms with Gasteiger partial charge in [0, 0.05) is 17.0 Å². The molecule has 0 aliphatic rings. The van der Waals surface area contributed by atoms with Crippen LogP contribution in [0.3, 0.4) is 0 Å². The Morgan fingerprint density at radius 2 is 1.23 bits per heavy atom. The zero-order valence-electron chi connectivity index (χ0n) is 11.8. The van der Waals surface area contributed by atoms with Crippen LogP contribution < -0.4 is 0 Å². The SMILES string of the molecule is c1ccc2c(c1)ccc1c2ccc2c1ccc1cncnc12. The van der Waals surface area contributed by atoms with Gasteiger partial charge in [0.15, 0.2) is 0 Å². The number of hydrogen-bond acceptors (Lipinski definition) is 2. The van der Waals surface area contributed by atoms with Crippen molar-refractivity contribution in [1.29, 1.82) is 0 Å². The Morgan fingerprint density at radius 1 is 0.545 bits per heavy atom. The van der Waals surface area contributed by atoms with Crippen molar-refractivity contribution in [1.82, 2.24) is 9.97 Å². The van der Waals surface area contributed by atoms with Crippen molar-refractivity contribution in [2.45, 2.75) is 0 Å². The molecule has 0 aliphatic heterocycles. The van der Waals surface area contributed by atoms with Crippen LogP contribution in [-0.2, 0) is 0 Å². The highest BCUT2D eigenvalue weighted by atomic mass is 14.8. The molecule has 0 spiro atoms. The number of nitrogens with zero attached hydrogens (tertiary/aromatic N) is 2. The van der Waals surface area contributed by atoms with Crippen molar-refractivity contribution in [3.05, 3.63) is 73.2 Å². The fourth-order valence-electron chi connectivity index (χ4n) is 3.36. The van der Waals surface area contributed by atoms with Gasteiger partial charge in [0.2, 0.25) is 0 Å². The zero-order valence-corrected chi connectivity index (χ0v) is 11.8. The first-order valence-corrected chi connectivity index (χ1v) is 7.35. The minimum Gasteiger partial charge on any atom is -0.244 e. The third-order valence-electron chi connectivity index (χ3n) is 4.39. The van der Waals surface area contributed by atoms with E-state index in [4.69, 9.17) is 0 Å². The molecule has 0 saturated heterocycles. The van der Waals surface area contributed by atoms with Crippen LogP contribution in [0.25, 0.3) is 43.2 Å². The molecule has 102 valence electrons. The predicted molar refractivity (Wildman–Crippen MR) is 92.1 cm³/mol. The van der Waals surface area contributed by atoms with Crippen LogP contribution in [0.2, 0.25) is 0 Å². The van der Waals surface area contributed by atoms with Crippen LogP contribution in [0.4, 0.5) is 0 Å². The topological polar surface area (TPSA) is 25.8 Å². The Bertz CT molecular complexity index is 1080. The van der Waals surface area contributed by atoms with Gasteiger partial charge in [0.1, 0.15) is 6.33 Å². The first-order chi connectivity index (χ1) is 10.9. The predicted octanol–water partition coefficient (Wildman–Crippen LogP) is 5.09. The number of hydrogen-bond donors (Lipinski definition) is 0. The van der Waals surface area contributed by atoms with Gasteiger partial charge in [0.25, 0.3) is 0 Å². The average molecular weight is 280 g/mol. The summed E-state index contributed by atoms with van der Waals surface area (Å²) in [5.41, 5.74) is 1.02. The molecule has 0 bridgehead atoms. The molecule has 1 aromatic heterocycles. The summed E-state index contributed by atoms with van der Waals surface area (Å²) in [6.07, 6.45) is 3.48. The normalized spacial score (nSPS) is 11.6. The van der Waals surface area contributed by atoms with E-state index >= 15 is 0 Å². The monoisotopic (exact) mass is 280 g/mol. The van der Waals surface area contributed by atoms with Gasteiger partial charge in [-0.25, -0.2) is 9.97 Å². The summed E-state index contributed by atoms with van der Waals surface area (Å²) >= 11 is 0. The molecular weight excluding hydrogens is 268 g/mol. The van der Waals surface area contributed by atoms with Gasteiger partial charge in [-0.3, -0.25) is 0 Å². The molecule has 0 amide bonds. The number of aromatic nitrogens is 2. The van der Waals surface area contributed by atoms with Gasteiger partial charge in [-0.2, -0.15) is 0 Å². The summed E-state index contributed by atoms with van der Waals surface area (Å²) < 4.78 is 0. The van der Waals surface area contributed by atoms with Crippen LogP contribution >= 0.6 is 0 Å². The lowest BCUT2D eigenvalue weighted by atomic mass is 9.96. The Hall–Kier alpha value is -3.00. The van der Waals surface area contributed by atoms with E-state index in [0.717, 1.165) is 10.9 Å². The quantitative estimate of drug-likeness (QED) is 0.369. The minimum absolute atomic E-state index is 1.02. The molecule has 2 heteroatoms. The summed E-state index contributed by atoms with van der Waals surface area (Å²) in [6.45, 7) is 0. The first kappa shape index (κ1) is 11.6. The smallest absolute Gasteiger partial charge is 0.116 e. The highest BCUT2D eigenvalue weighted by Crippen LogP contribution is 2.33. The zero-order chi connectivity index (χ0) is 14.5. The third kappa shape index (κ3) is 1.49. The van der Waals surface area contributed by atoms with E-state index in [-0.39, 0.29) is 0 Å². The second-order valence-electron chi connectivity index (χ2n) is 5.57. The number of fused-ring (bicyclic) bond motifs is 7. The molecule has 4 aromatic carbocycles. The molecule has 0 N–H and O–H groups in total. The molecule has 0 fully saturated rings. The Kier molecular flexibility index (Phi) is 2.25. The minimum atomic E-state index is 1.02. The average Bonchev–Trinajstić information content (AvgIpc) is 2.60. The lowest BCUT2D eigenvalue weighted by molar-refractivity contribution is 1.23. The van der Waals surface area contributed by atoms with E-state index in [1.54, 1.807) is 6.33 Å². The Morgan fingerprint density at radius 3 is 2.18 bits per heavy atom. The lowest BCUT2D eigenvalue weighted by Gasteiger charge is -2.09. The molecule has 0 radical (unpaired) electrons. The van der Waals surface area contributed by atoms with Crippen LogP contribution in [-0.4, -0.2) is 9.97 Å². The van der Waals surface area contributed by atoms with Gasteiger partial charge in [-0.05, 0) is 26.9 Å². The highest BCUT2D eigenvalue weighted by molar-refractivity contribution is 6.21. The lowest BCUT2D eigenvalue weighted by Crippen LogP contribution is -1.85. The maximum absolute atomic E-state index is 4.47. The molecule has 5 rings (SSSR count). The van der Waals surface area contributed by atoms with Gasteiger partial charge in [-0.1, -0.05) is 60.7 Å².